The van der Waals surface area contributed by atoms with E-state index in [0.717, 1.165) is 19.0 Å². The van der Waals surface area contributed by atoms with Crippen LogP contribution in [-0.4, -0.2) is 28.5 Å². The molecule has 1 aromatic rings. The molecule has 1 aliphatic rings. The number of hydrogen-bond acceptors (Lipinski definition) is 3. The second kappa shape index (κ2) is 6.02. The van der Waals surface area contributed by atoms with Crippen molar-refractivity contribution in [2.24, 2.45) is 5.92 Å². The Kier molecular flexibility index (Phi) is 4.58. The highest BCUT2D eigenvalue weighted by atomic mass is 15.1. The van der Waals surface area contributed by atoms with Crippen LogP contribution in [0.4, 0.5) is 0 Å². The van der Waals surface area contributed by atoms with Crippen LogP contribution in [0, 0.1) is 5.92 Å². The second-order valence-corrected chi connectivity index (χ2v) is 6.89. The normalized spacial score (nSPS) is 20.9. The molecular formula is C16H27N3. The van der Waals surface area contributed by atoms with E-state index in [1.165, 1.54) is 30.8 Å². The topological polar surface area (TPSA) is 28.2 Å². The van der Waals surface area contributed by atoms with E-state index in [9.17, 15) is 0 Å². The summed E-state index contributed by atoms with van der Waals surface area (Å²) in [5, 5.41) is 3.49. The Morgan fingerprint density at radius 1 is 1.37 bits per heavy atom. The first-order chi connectivity index (χ1) is 8.92. The fraction of sp³-hybridized carbons (Fsp3) is 0.688. The minimum atomic E-state index is 0.157. The molecule has 3 heteroatoms. The van der Waals surface area contributed by atoms with Gasteiger partial charge in [-0.15, -0.1) is 0 Å². The molecule has 2 heterocycles. The van der Waals surface area contributed by atoms with E-state index in [0.29, 0.717) is 0 Å². The number of nitrogens with one attached hydrogen (secondary N) is 1. The van der Waals surface area contributed by atoms with Gasteiger partial charge in [0.05, 0.1) is 5.69 Å². The van der Waals surface area contributed by atoms with Crippen molar-refractivity contribution in [3.05, 3.63) is 29.6 Å². The van der Waals surface area contributed by atoms with Crippen molar-refractivity contribution in [2.75, 3.05) is 13.1 Å². The Bertz CT molecular complexity index is 391. The summed E-state index contributed by atoms with van der Waals surface area (Å²) in [6, 6.07) is 4.36. The predicted molar refractivity (Wildman–Crippen MR) is 79.9 cm³/mol. The largest absolute Gasteiger partial charge is 0.308 e. The van der Waals surface area contributed by atoms with Gasteiger partial charge >= 0.3 is 0 Å². The summed E-state index contributed by atoms with van der Waals surface area (Å²) < 4.78 is 0. The van der Waals surface area contributed by atoms with Crippen molar-refractivity contribution < 1.29 is 0 Å². The average molecular weight is 261 g/mol. The Morgan fingerprint density at radius 2 is 2.16 bits per heavy atom. The summed E-state index contributed by atoms with van der Waals surface area (Å²) in [5.74, 6) is 0.843. The fourth-order valence-corrected chi connectivity index (χ4v) is 2.42. The summed E-state index contributed by atoms with van der Waals surface area (Å²) >= 11 is 0. The number of hydrogen-bond donors (Lipinski definition) is 1. The molecule has 1 unspecified atom stereocenters. The molecule has 1 saturated heterocycles. The van der Waals surface area contributed by atoms with Crippen molar-refractivity contribution in [1.29, 1.82) is 0 Å². The highest BCUT2D eigenvalue weighted by Crippen LogP contribution is 2.17. The lowest BCUT2D eigenvalue weighted by Crippen LogP contribution is -2.35. The minimum Gasteiger partial charge on any atom is -0.308 e. The third kappa shape index (κ3) is 4.92. The second-order valence-electron chi connectivity index (χ2n) is 6.89. The van der Waals surface area contributed by atoms with E-state index in [1.807, 2.05) is 6.20 Å². The van der Waals surface area contributed by atoms with Crippen LogP contribution in [0.25, 0.3) is 0 Å². The van der Waals surface area contributed by atoms with Crippen LogP contribution in [0.15, 0.2) is 18.3 Å². The van der Waals surface area contributed by atoms with Crippen molar-refractivity contribution in [3.8, 4) is 0 Å². The molecule has 106 valence electrons. The van der Waals surface area contributed by atoms with Crippen LogP contribution < -0.4 is 5.32 Å². The van der Waals surface area contributed by atoms with Gasteiger partial charge in [0.1, 0.15) is 0 Å². The molecule has 0 aromatic carbocycles. The van der Waals surface area contributed by atoms with Crippen molar-refractivity contribution in [2.45, 2.75) is 52.7 Å². The lowest BCUT2D eigenvalue weighted by atomic mass is 10.1. The van der Waals surface area contributed by atoms with E-state index >= 15 is 0 Å². The Morgan fingerprint density at radius 3 is 2.68 bits per heavy atom. The molecule has 0 saturated carbocycles. The third-order valence-corrected chi connectivity index (χ3v) is 3.60. The van der Waals surface area contributed by atoms with Crippen molar-refractivity contribution in [1.82, 2.24) is 15.2 Å². The summed E-state index contributed by atoms with van der Waals surface area (Å²) in [4.78, 5) is 7.09. The smallest absolute Gasteiger partial charge is 0.0544 e. The third-order valence-electron chi connectivity index (χ3n) is 3.60. The molecule has 0 spiro atoms. The SMILES string of the molecule is CC1CCN(Cc2ccc(CNC(C)(C)C)cn2)C1. The van der Waals surface area contributed by atoms with Crippen LogP contribution in [0.2, 0.25) is 0 Å². The number of nitrogens with zero attached hydrogens (tertiary/aromatic N) is 2. The van der Waals surface area contributed by atoms with Crippen molar-refractivity contribution in [3.63, 3.8) is 0 Å². The van der Waals surface area contributed by atoms with Gasteiger partial charge < -0.3 is 5.32 Å². The van der Waals surface area contributed by atoms with E-state index < -0.39 is 0 Å². The monoisotopic (exact) mass is 261 g/mol. The first-order valence-corrected chi connectivity index (χ1v) is 7.33. The van der Waals surface area contributed by atoms with Gasteiger partial charge in [-0.25, -0.2) is 0 Å². The van der Waals surface area contributed by atoms with Gasteiger partial charge in [-0.3, -0.25) is 9.88 Å². The zero-order chi connectivity index (χ0) is 13.9. The maximum atomic E-state index is 4.59. The Labute approximate surface area is 117 Å². The average Bonchev–Trinajstić information content (AvgIpc) is 2.73. The molecule has 3 nitrogen and oxygen atoms in total. The Balaban J connectivity index is 1.84. The molecule has 2 rings (SSSR count). The van der Waals surface area contributed by atoms with E-state index in [1.54, 1.807) is 0 Å². The molecule has 1 aromatic heterocycles. The molecule has 0 bridgehead atoms. The molecule has 19 heavy (non-hydrogen) atoms. The van der Waals surface area contributed by atoms with Gasteiger partial charge in [0.25, 0.3) is 0 Å². The first-order valence-electron chi connectivity index (χ1n) is 7.33. The molecule has 0 amide bonds. The molecular weight excluding hydrogens is 234 g/mol. The number of pyridine rings is 1. The van der Waals surface area contributed by atoms with Gasteiger partial charge in [-0.1, -0.05) is 13.0 Å². The molecule has 1 fully saturated rings. The predicted octanol–water partition coefficient (Wildman–Crippen LogP) is 2.81. The highest BCUT2D eigenvalue weighted by Gasteiger charge is 2.18. The quantitative estimate of drug-likeness (QED) is 0.903. The Hall–Kier alpha value is -0.930. The number of aromatic nitrogens is 1. The molecule has 0 radical (unpaired) electrons. The maximum absolute atomic E-state index is 4.59. The standard InChI is InChI=1S/C16H27N3/c1-13-7-8-19(11-13)12-15-6-5-14(9-17-15)10-18-16(2,3)4/h5-6,9,13,18H,7-8,10-12H2,1-4H3. The summed E-state index contributed by atoms with van der Waals surface area (Å²) in [7, 11) is 0. The van der Waals surface area contributed by atoms with Gasteiger partial charge in [0.2, 0.25) is 0 Å². The van der Waals surface area contributed by atoms with Crippen LogP contribution in [0.5, 0.6) is 0 Å². The molecule has 1 atom stereocenters. The minimum absolute atomic E-state index is 0.157. The van der Waals surface area contributed by atoms with Crippen LogP contribution in [-0.2, 0) is 13.1 Å². The van der Waals surface area contributed by atoms with E-state index in [-0.39, 0.29) is 5.54 Å². The zero-order valence-corrected chi connectivity index (χ0v) is 12.7. The molecule has 0 aliphatic carbocycles. The van der Waals surface area contributed by atoms with Gasteiger partial charge in [-0.2, -0.15) is 0 Å². The van der Waals surface area contributed by atoms with Gasteiger partial charge in [0.15, 0.2) is 0 Å². The van der Waals surface area contributed by atoms with Crippen LogP contribution in [0.3, 0.4) is 0 Å². The summed E-state index contributed by atoms with van der Waals surface area (Å²) in [5.41, 5.74) is 2.60. The molecule has 1 N–H and O–H groups in total. The summed E-state index contributed by atoms with van der Waals surface area (Å²) in [6.45, 7) is 13.2. The van der Waals surface area contributed by atoms with E-state index in [2.05, 4.69) is 55.0 Å². The van der Waals surface area contributed by atoms with Crippen LogP contribution >= 0.6 is 0 Å². The highest BCUT2D eigenvalue weighted by molar-refractivity contribution is 5.14. The molecule has 1 aliphatic heterocycles. The maximum Gasteiger partial charge on any atom is 0.0544 e. The van der Waals surface area contributed by atoms with Crippen molar-refractivity contribution >= 4 is 0 Å². The van der Waals surface area contributed by atoms with Gasteiger partial charge in [-0.05, 0) is 51.3 Å². The lowest BCUT2D eigenvalue weighted by molar-refractivity contribution is 0.316. The van der Waals surface area contributed by atoms with Crippen LogP contribution in [0.1, 0.15) is 45.4 Å². The summed E-state index contributed by atoms with van der Waals surface area (Å²) in [6.07, 6.45) is 3.33. The zero-order valence-electron chi connectivity index (χ0n) is 12.7. The number of rotatable bonds is 4. The fourth-order valence-electron chi connectivity index (χ4n) is 2.42. The van der Waals surface area contributed by atoms with Gasteiger partial charge in [0, 0.05) is 31.4 Å². The lowest BCUT2D eigenvalue weighted by Gasteiger charge is -2.20. The first kappa shape index (κ1) is 14.5. The van der Waals surface area contributed by atoms with E-state index in [4.69, 9.17) is 0 Å². The number of likely N-dealkylation sites (tertiary alicyclic amines) is 1.